The summed E-state index contributed by atoms with van der Waals surface area (Å²) in [7, 11) is 0. The van der Waals surface area contributed by atoms with Crippen molar-refractivity contribution in [3.05, 3.63) is 65.0 Å². The van der Waals surface area contributed by atoms with Crippen molar-refractivity contribution >= 4 is 17.5 Å². The number of carbonyl (C=O) groups excluding carboxylic acids is 1. The summed E-state index contributed by atoms with van der Waals surface area (Å²) >= 11 is 5.72. The van der Waals surface area contributed by atoms with Crippen molar-refractivity contribution in [2.75, 3.05) is 0 Å². The van der Waals surface area contributed by atoms with Gasteiger partial charge < -0.3 is 5.32 Å². The van der Waals surface area contributed by atoms with E-state index in [1.165, 1.54) is 0 Å². The van der Waals surface area contributed by atoms with Crippen molar-refractivity contribution in [2.45, 2.75) is 19.3 Å². The van der Waals surface area contributed by atoms with E-state index < -0.39 is 0 Å². The molecule has 0 saturated heterocycles. The number of aryl methyl sites for hydroxylation is 1. The third-order valence-electron chi connectivity index (χ3n) is 2.75. The summed E-state index contributed by atoms with van der Waals surface area (Å²) < 4.78 is 0. The molecule has 0 bridgehead atoms. The first kappa shape index (κ1) is 13.6. The van der Waals surface area contributed by atoms with Crippen LogP contribution in [0.1, 0.15) is 27.3 Å². The Morgan fingerprint density at radius 3 is 2.47 bits per heavy atom. The lowest BCUT2D eigenvalue weighted by atomic mass is 10.1. The van der Waals surface area contributed by atoms with Crippen LogP contribution in [-0.4, -0.2) is 10.9 Å². The fourth-order valence-corrected chi connectivity index (χ4v) is 1.87. The fourth-order valence-electron chi connectivity index (χ4n) is 1.69. The van der Waals surface area contributed by atoms with Crippen LogP contribution in [0.15, 0.2) is 42.5 Å². The standard InChI is InChI=1S/C15H15ClN2O/c1-11-3-2-4-14(18-11)15(19)17-10-13-7-5-12(9-16)6-8-13/h2-8H,9-10H2,1H3,(H,17,19). The second-order valence-electron chi connectivity index (χ2n) is 4.30. The summed E-state index contributed by atoms with van der Waals surface area (Å²) in [5.41, 5.74) is 3.38. The van der Waals surface area contributed by atoms with E-state index in [1.54, 1.807) is 6.07 Å². The highest BCUT2D eigenvalue weighted by Crippen LogP contribution is 2.07. The van der Waals surface area contributed by atoms with Gasteiger partial charge in [0, 0.05) is 18.1 Å². The Morgan fingerprint density at radius 1 is 1.16 bits per heavy atom. The number of nitrogens with zero attached hydrogens (tertiary/aromatic N) is 1. The Labute approximate surface area is 117 Å². The number of aromatic nitrogens is 1. The summed E-state index contributed by atoms with van der Waals surface area (Å²) in [6.07, 6.45) is 0. The Bertz CT molecular complexity index is 567. The summed E-state index contributed by atoms with van der Waals surface area (Å²) in [4.78, 5) is 16.1. The minimum atomic E-state index is -0.162. The van der Waals surface area contributed by atoms with Crippen molar-refractivity contribution in [3.8, 4) is 0 Å². The predicted molar refractivity (Wildman–Crippen MR) is 76.1 cm³/mol. The van der Waals surface area contributed by atoms with E-state index in [2.05, 4.69) is 10.3 Å². The first-order valence-corrected chi connectivity index (χ1v) is 6.58. The average Bonchev–Trinajstić information content (AvgIpc) is 2.45. The van der Waals surface area contributed by atoms with E-state index >= 15 is 0 Å². The maximum absolute atomic E-state index is 11.9. The SMILES string of the molecule is Cc1cccc(C(=O)NCc2ccc(CCl)cc2)n1. The first-order chi connectivity index (χ1) is 9.19. The highest BCUT2D eigenvalue weighted by Gasteiger charge is 2.06. The Balaban J connectivity index is 1.96. The average molecular weight is 275 g/mol. The van der Waals surface area contributed by atoms with Crippen molar-refractivity contribution in [2.24, 2.45) is 0 Å². The third-order valence-corrected chi connectivity index (χ3v) is 3.06. The normalized spacial score (nSPS) is 10.2. The lowest BCUT2D eigenvalue weighted by molar-refractivity contribution is 0.0945. The van der Waals surface area contributed by atoms with E-state index in [0.29, 0.717) is 18.1 Å². The molecule has 0 saturated carbocycles. The van der Waals surface area contributed by atoms with Crippen molar-refractivity contribution in [1.82, 2.24) is 10.3 Å². The number of hydrogen-bond acceptors (Lipinski definition) is 2. The molecule has 3 nitrogen and oxygen atoms in total. The summed E-state index contributed by atoms with van der Waals surface area (Å²) in [6, 6.07) is 13.2. The molecule has 19 heavy (non-hydrogen) atoms. The molecule has 0 spiro atoms. The van der Waals surface area contributed by atoms with E-state index in [9.17, 15) is 4.79 Å². The van der Waals surface area contributed by atoms with Crippen LogP contribution in [-0.2, 0) is 12.4 Å². The minimum Gasteiger partial charge on any atom is -0.347 e. The summed E-state index contributed by atoms with van der Waals surface area (Å²) in [5, 5.41) is 2.85. The monoisotopic (exact) mass is 274 g/mol. The molecule has 2 aromatic rings. The van der Waals surface area contributed by atoms with E-state index in [4.69, 9.17) is 11.6 Å². The molecule has 0 radical (unpaired) electrons. The zero-order valence-electron chi connectivity index (χ0n) is 10.7. The topological polar surface area (TPSA) is 42.0 Å². The molecule has 1 aromatic heterocycles. The molecule has 0 aliphatic rings. The largest absolute Gasteiger partial charge is 0.347 e. The number of nitrogens with one attached hydrogen (secondary N) is 1. The molecular weight excluding hydrogens is 260 g/mol. The van der Waals surface area contributed by atoms with Gasteiger partial charge in [0.05, 0.1) is 0 Å². The number of pyridine rings is 1. The van der Waals surface area contributed by atoms with Gasteiger partial charge in [0.2, 0.25) is 0 Å². The molecule has 0 aliphatic carbocycles. The second-order valence-corrected chi connectivity index (χ2v) is 4.56. The van der Waals surface area contributed by atoms with Crippen LogP contribution in [0.25, 0.3) is 0 Å². The van der Waals surface area contributed by atoms with Crippen LogP contribution < -0.4 is 5.32 Å². The molecule has 1 amide bonds. The number of hydrogen-bond donors (Lipinski definition) is 1. The van der Waals surface area contributed by atoms with Crippen molar-refractivity contribution in [3.63, 3.8) is 0 Å². The molecule has 0 aliphatic heterocycles. The number of carbonyl (C=O) groups is 1. The van der Waals surface area contributed by atoms with Crippen LogP contribution in [0.4, 0.5) is 0 Å². The molecule has 1 aromatic carbocycles. The summed E-state index contributed by atoms with van der Waals surface area (Å²) in [6.45, 7) is 2.35. The number of halogens is 1. The van der Waals surface area contributed by atoms with Gasteiger partial charge in [-0.2, -0.15) is 0 Å². The van der Waals surface area contributed by atoms with Gasteiger partial charge in [-0.1, -0.05) is 30.3 Å². The fraction of sp³-hybridized carbons (Fsp3) is 0.200. The lowest BCUT2D eigenvalue weighted by Crippen LogP contribution is -2.23. The maximum atomic E-state index is 11.9. The highest BCUT2D eigenvalue weighted by molar-refractivity contribution is 6.17. The van der Waals surface area contributed by atoms with Gasteiger partial charge in [-0.05, 0) is 30.2 Å². The van der Waals surface area contributed by atoms with Crippen molar-refractivity contribution in [1.29, 1.82) is 0 Å². The Morgan fingerprint density at radius 2 is 1.84 bits per heavy atom. The molecule has 98 valence electrons. The zero-order valence-corrected chi connectivity index (χ0v) is 11.4. The second kappa shape index (κ2) is 6.34. The van der Waals surface area contributed by atoms with Gasteiger partial charge >= 0.3 is 0 Å². The van der Waals surface area contributed by atoms with Gasteiger partial charge in [0.1, 0.15) is 5.69 Å². The van der Waals surface area contributed by atoms with Crippen LogP contribution in [0.2, 0.25) is 0 Å². The van der Waals surface area contributed by atoms with Gasteiger partial charge in [0.25, 0.3) is 5.91 Å². The van der Waals surface area contributed by atoms with E-state index in [1.807, 2.05) is 43.3 Å². The Kier molecular flexibility index (Phi) is 4.53. The molecular formula is C15H15ClN2O. The van der Waals surface area contributed by atoms with E-state index in [-0.39, 0.29) is 5.91 Å². The first-order valence-electron chi connectivity index (χ1n) is 6.04. The predicted octanol–water partition coefficient (Wildman–Crippen LogP) is 3.06. The van der Waals surface area contributed by atoms with Crippen molar-refractivity contribution < 1.29 is 4.79 Å². The third kappa shape index (κ3) is 3.80. The maximum Gasteiger partial charge on any atom is 0.270 e. The molecule has 0 fully saturated rings. The van der Waals surface area contributed by atoms with Gasteiger partial charge in [-0.15, -0.1) is 11.6 Å². The van der Waals surface area contributed by atoms with Crippen LogP contribution in [0.3, 0.4) is 0 Å². The molecule has 1 N–H and O–H groups in total. The van der Waals surface area contributed by atoms with Crippen LogP contribution in [0.5, 0.6) is 0 Å². The molecule has 2 rings (SSSR count). The number of benzene rings is 1. The molecule has 0 unspecified atom stereocenters. The highest BCUT2D eigenvalue weighted by atomic mass is 35.5. The lowest BCUT2D eigenvalue weighted by Gasteiger charge is -2.06. The zero-order chi connectivity index (χ0) is 13.7. The number of amides is 1. The molecule has 1 heterocycles. The summed E-state index contributed by atoms with van der Waals surface area (Å²) in [5.74, 6) is 0.338. The van der Waals surface area contributed by atoms with Gasteiger partial charge in [0.15, 0.2) is 0 Å². The number of alkyl halides is 1. The minimum absolute atomic E-state index is 0.162. The van der Waals surface area contributed by atoms with Gasteiger partial charge in [-0.25, -0.2) is 4.98 Å². The van der Waals surface area contributed by atoms with Crippen LogP contribution in [0, 0.1) is 6.92 Å². The quantitative estimate of drug-likeness (QED) is 0.871. The number of rotatable bonds is 4. The van der Waals surface area contributed by atoms with E-state index in [0.717, 1.165) is 16.8 Å². The smallest absolute Gasteiger partial charge is 0.270 e. The molecule has 4 heteroatoms. The van der Waals surface area contributed by atoms with Crippen LogP contribution >= 0.6 is 11.6 Å². The Hall–Kier alpha value is -1.87. The molecule has 0 atom stereocenters. The van der Waals surface area contributed by atoms with Gasteiger partial charge in [-0.3, -0.25) is 4.79 Å².